The van der Waals surface area contributed by atoms with E-state index < -0.39 is 35.0 Å². The number of anilines is 1. The SMILES string of the molecule is Cc1c(-c2cc(N3C(=O)C4CC5C(=CCC6C(=O)NC(=O)C65)C(c5cccc(O)c5)C4(C)C3=O)n(C)n2)sc2ccc(Cl)cc12. The van der Waals surface area contributed by atoms with Gasteiger partial charge < -0.3 is 5.11 Å². The number of aromatic nitrogens is 2. The van der Waals surface area contributed by atoms with Gasteiger partial charge in [0.25, 0.3) is 0 Å². The maximum Gasteiger partial charge on any atom is 0.242 e. The summed E-state index contributed by atoms with van der Waals surface area (Å²) in [6, 6.07) is 14.3. The number of phenolic OH excluding ortho intramolecular Hbond substituents is 1. The number of fused-ring (bicyclic) bond motifs is 5. The van der Waals surface area contributed by atoms with Gasteiger partial charge in [-0.3, -0.25) is 29.2 Å². The molecular formula is C34H29ClN4O5S. The molecule has 2 N–H and O–H groups in total. The number of imide groups is 2. The number of phenols is 1. The Labute approximate surface area is 267 Å². The molecule has 2 aromatic carbocycles. The molecule has 8 rings (SSSR count). The summed E-state index contributed by atoms with van der Waals surface area (Å²) in [5.41, 5.74) is 2.02. The highest BCUT2D eigenvalue weighted by molar-refractivity contribution is 7.22. The first-order valence-electron chi connectivity index (χ1n) is 14.9. The third kappa shape index (κ3) is 3.81. The van der Waals surface area contributed by atoms with Crippen molar-refractivity contribution in [3.8, 4) is 16.3 Å². The summed E-state index contributed by atoms with van der Waals surface area (Å²) in [6.07, 6.45) is 2.63. The lowest BCUT2D eigenvalue weighted by atomic mass is 9.51. The van der Waals surface area contributed by atoms with Crippen LogP contribution in [0.1, 0.15) is 36.8 Å². The lowest BCUT2D eigenvalue weighted by Gasteiger charge is -2.49. The molecule has 0 bridgehead atoms. The van der Waals surface area contributed by atoms with Crippen LogP contribution in [0.2, 0.25) is 5.02 Å². The fraction of sp³-hybridized carbons (Fsp3) is 0.324. The van der Waals surface area contributed by atoms with Crippen LogP contribution in [-0.4, -0.2) is 38.5 Å². The number of nitrogens with one attached hydrogen (secondary N) is 1. The number of rotatable bonds is 3. The van der Waals surface area contributed by atoms with Crippen LogP contribution >= 0.6 is 22.9 Å². The van der Waals surface area contributed by atoms with E-state index in [1.54, 1.807) is 47.3 Å². The van der Waals surface area contributed by atoms with Crippen LogP contribution in [0, 0.1) is 36.0 Å². The quantitative estimate of drug-likeness (QED) is 0.226. The van der Waals surface area contributed by atoms with Gasteiger partial charge >= 0.3 is 0 Å². The van der Waals surface area contributed by atoms with E-state index in [1.165, 1.54) is 4.90 Å². The number of thiophene rings is 1. The zero-order chi connectivity index (χ0) is 31.5. The third-order valence-electron chi connectivity index (χ3n) is 10.5. The van der Waals surface area contributed by atoms with Gasteiger partial charge in [-0.15, -0.1) is 11.3 Å². The van der Waals surface area contributed by atoms with Crippen LogP contribution in [0.3, 0.4) is 0 Å². The second kappa shape index (κ2) is 9.61. The van der Waals surface area contributed by atoms with Crippen LogP contribution in [0.5, 0.6) is 5.75 Å². The molecule has 6 atom stereocenters. The van der Waals surface area contributed by atoms with Crippen molar-refractivity contribution >= 4 is 62.5 Å². The van der Waals surface area contributed by atoms with Crippen molar-refractivity contribution in [3.63, 3.8) is 0 Å². The molecule has 4 aliphatic rings. The van der Waals surface area contributed by atoms with Crippen molar-refractivity contribution in [3.05, 3.63) is 76.3 Å². The zero-order valence-corrected chi connectivity index (χ0v) is 26.3. The van der Waals surface area contributed by atoms with Gasteiger partial charge in [0.2, 0.25) is 23.6 Å². The van der Waals surface area contributed by atoms with Crippen LogP contribution in [-0.2, 0) is 26.2 Å². The Kier molecular flexibility index (Phi) is 6.02. The number of allylic oxidation sites excluding steroid dienone is 2. The Hall–Kier alpha value is -4.28. The summed E-state index contributed by atoms with van der Waals surface area (Å²) in [6.45, 7) is 3.83. The number of aromatic hydroxyl groups is 1. The van der Waals surface area contributed by atoms with Crippen LogP contribution < -0.4 is 10.2 Å². The van der Waals surface area contributed by atoms with E-state index in [4.69, 9.17) is 16.7 Å². The van der Waals surface area contributed by atoms with Crippen molar-refractivity contribution in [2.75, 3.05) is 4.90 Å². The molecule has 2 aliphatic carbocycles. The Morgan fingerprint density at radius 2 is 1.87 bits per heavy atom. The van der Waals surface area contributed by atoms with Crippen molar-refractivity contribution in [1.82, 2.24) is 15.1 Å². The maximum absolute atomic E-state index is 14.7. The molecule has 0 radical (unpaired) electrons. The van der Waals surface area contributed by atoms with Gasteiger partial charge in [-0.2, -0.15) is 5.10 Å². The van der Waals surface area contributed by atoms with Gasteiger partial charge in [0, 0.05) is 28.8 Å². The lowest BCUT2D eigenvalue weighted by Crippen LogP contribution is -2.48. The highest BCUT2D eigenvalue weighted by Gasteiger charge is 2.67. The molecule has 1 saturated carbocycles. The number of carbonyl (C=O) groups excluding carboxylic acids is 4. The second-order valence-corrected chi connectivity index (χ2v) is 14.3. The molecule has 2 aliphatic heterocycles. The number of carbonyl (C=O) groups is 4. The van der Waals surface area contributed by atoms with E-state index in [0.29, 0.717) is 28.5 Å². The van der Waals surface area contributed by atoms with Crippen molar-refractivity contribution in [2.24, 2.45) is 36.1 Å². The topological polar surface area (TPSA) is 122 Å². The first kappa shape index (κ1) is 28.2. The Balaban J connectivity index is 1.25. The highest BCUT2D eigenvalue weighted by Crippen LogP contribution is 2.63. The molecule has 11 heteroatoms. The predicted octanol–water partition coefficient (Wildman–Crippen LogP) is 5.49. The summed E-state index contributed by atoms with van der Waals surface area (Å²) in [5, 5.41) is 19.4. The molecule has 45 heavy (non-hydrogen) atoms. The Morgan fingerprint density at radius 3 is 2.64 bits per heavy atom. The second-order valence-electron chi connectivity index (χ2n) is 12.8. The molecule has 6 unspecified atom stereocenters. The smallest absolute Gasteiger partial charge is 0.242 e. The largest absolute Gasteiger partial charge is 0.508 e. The van der Waals surface area contributed by atoms with Crippen molar-refractivity contribution in [1.29, 1.82) is 0 Å². The maximum atomic E-state index is 14.7. The van der Waals surface area contributed by atoms with E-state index in [9.17, 15) is 24.3 Å². The zero-order valence-electron chi connectivity index (χ0n) is 24.7. The number of hydrogen-bond acceptors (Lipinski definition) is 7. The summed E-state index contributed by atoms with van der Waals surface area (Å²) >= 11 is 7.84. The molecule has 2 aromatic heterocycles. The van der Waals surface area contributed by atoms with Gasteiger partial charge in [0.1, 0.15) is 17.3 Å². The molecule has 4 heterocycles. The molecule has 2 saturated heterocycles. The third-order valence-corrected chi connectivity index (χ3v) is 12.1. The minimum absolute atomic E-state index is 0.0442. The summed E-state index contributed by atoms with van der Waals surface area (Å²) < 4.78 is 2.63. The van der Waals surface area contributed by atoms with Gasteiger partial charge in [0.15, 0.2) is 0 Å². The number of benzene rings is 2. The molecule has 3 fully saturated rings. The fourth-order valence-electron chi connectivity index (χ4n) is 8.44. The number of nitrogens with zero attached hydrogens (tertiary/aromatic N) is 3. The van der Waals surface area contributed by atoms with Gasteiger partial charge in [-0.05, 0) is 79.5 Å². The Bertz CT molecular complexity index is 2050. The summed E-state index contributed by atoms with van der Waals surface area (Å²) in [4.78, 5) is 57.1. The number of aryl methyl sites for hydroxylation is 2. The minimum atomic E-state index is -1.20. The van der Waals surface area contributed by atoms with Gasteiger partial charge in [-0.1, -0.05) is 35.4 Å². The van der Waals surface area contributed by atoms with E-state index in [1.807, 2.05) is 44.2 Å². The van der Waals surface area contributed by atoms with E-state index in [-0.39, 0.29) is 35.8 Å². The molecule has 228 valence electrons. The lowest BCUT2D eigenvalue weighted by molar-refractivity contribution is -0.131. The summed E-state index contributed by atoms with van der Waals surface area (Å²) in [5.74, 6) is -3.76. The number of halogens is 1. The first-order valence-corrected chi connectivity index (χ1v) is 16.1. The average molecular weight is 641 g/mol. The standard InChI is InChI=1S/C34H29ClN4O5S/c1-15-21-12-17(35)7-10-25(21)45-29(15)24-14-26(38(3)37-24)39-32(43)23-13-22-19(8-9-20-27(22)31(42)36-30(20)41)28(34(23,2)33(39)44)16-5-4-6-18(40)11-16/h4-8,10-12,14,20,22-23,27-28,40H,9,13H2,1-3H3,(H,36,41,42). The predicted molar refractivity (Wildman–Crippen MR) is 170 cm³/mol. The van der Waals surface area contributed by atoms with Gasteiger partial charge in [0.05, 0.1) is 28.0 Å². The van der Waals surface area contributed by atoms with Gasteiger partial charge in [-0.25, -0.2) is 4.90 Å². The first-order chi connectivity index (χ1) is 21.5. The van der Waals surface area contributed by atoms with Crippen LogP contribution in [0.15, 0.2) is 60.2 Å². The molecular weight excluding hydrogens is 612 g/mol. The van der Waals surface area contributed by atoms with Crippen LogP contribution in [0.25, 0.3) is 20.7 Å². The van der Waals surface area contributed by atoms with Crippen molar-refractivity contribution in [2.45, 2.75) is 32.6 Å². The molecule has 4 amide bonds. The Morgan fingerprint density at radius 1 is 1.07 bits per heavy atom. The summed E-state index contributed by atoms with van der Waals surface area (Å²) in [7, 11) is 1.72. The van der Waals surface area contributed by atoms with Crippen LogP contribution in [0.4, 0.5) is 5.82 Å². The normalized spacial score (nSPS) is 29.1. The molecule has 4 aromatic rings. The minimum Gasteiger partial charge on any atom is -0.508 e. The highest BCUT2D eigenvalue weighted by atomic mass is 35.5. The average Bonchev–Trinajstić information content (AvgIpc) is 3.68. The molecule has 9 nitrogen and oxygen atoms in total. The van der Waals surface area contributed by atoms with Crippen molar-refractivity contribution < 1.29 is 24.3 Å². The molecule has 0 spiro atoms. The van der Waals surface area contributed by atoms with E-state index in [0.717, 1.165) is 26.1 Å². The number of amides is 4. The van der Waals surface area contributed by atoms with E-state index >= 15 is 0 Å². The monoisotopic (exact) mass is 640 g/mol. The fourth-order valence-corrected chi connectivity index (χ4v) is 9.76. The number of hydrogen-bond donors (Lipinski definition) is 2. The van der Waals surface area contributed by atoms with E-state index in [2.05, 4.69) is 5.32 Å².